The molecule has 170 valence electrons. The first kappa shape index (κ1) is 24.9. The standard InChI is InChI=1S/C19H30F3N7.HI/c1-23-18(26-16-5-7-28(13-16)14-19(20,21)22)25-12-15-4-3-6-24-17(15)29-10-8-27(2)9-11-29;/h3-4,6,16H,5,7-14H2,1-2H3,(H2,23,25,26);1H. The van der Waals surface area contributed by atoms with Crippen molar-refractivity contribution in [3.05, 3.63) is 23.9 Å². The molecule has 1 unspecified atom stereocenters. The third-order valence-electron chi connectivity index (χ3n) is 5.36. The maximum absolute atomic E-state index is 12.6. The summed E-state index contributed by atoms with van der Waals surface area (Å²) in [4.78, 5) is 14.8. The average molecular weight is 541 g/mol. The van der Waals surface area contributed by atoms with E-state index in [0.29, 0.717) is 32.0 Å². The quantitative estimate of drug-likeness (QED) is 0.337. The number of aliphatic imine (C=N–C) groups is 1. The van der Waals surface area contributed by atoms with Gasteiger partial charge in [0, 0.05) is 70.7 Å². The highest BCUT2D eigenvalue weighted by Gasteiger charge is 2.34. The normalized spacial score (nSPS) is 21.4. The monoisotopic (exact) mass is 541 g/mol. The van der Waals surface area contributed by atoms with E-state index in [1.807, 2.05) is 12.1 Å². The van der Waals surface area contributed by atoms with Gasteiger partial charge in [-0.05, 0) is 19.5 Å². The highest BCUT2D eigenvalue weighted by Crippen LogP contribution is 2.20. The number of rotatable bonds is 5. The molecule has 0 bridgehead atoms. The summed E-state index contributed by atoms with van der Waals surface area (Å²) in [5, 5.41) is 6.53. The molecule has 2 fully saturated rings. The molecule has 0 aliphatic carbocycles. The lowest BCUT2D eigenvalue weighted by Crippen LogP contribution is -2.46. The molecule has 0 radical (unpaired) electrons. The molecule has 30 heavy (non-hydrogen) atoms. The number of alkyl halides is 3. The predicted molar refractivity (Wildman–Crippen MR) is 124 cm³/mol. The number of anilines is 1. The summed E-state index contributed by atoms with van der Waals surface area (Å²) in [5.74, 6) is 1.57. The molecule has 2 N–H and O–H groups in total. The van der Waals surface area contributed by atoms with Crippen molar-refractivity contribution < 1.29 is 13.2 Å². The number of guanidine groups is 1. The lowest BCUT2D eigenvalue weighted by molar-refractivity contribution is -0.143. The predicted octanol–water partition coefficient (Wildman–Crippen LogP) is 1.75. The van der Waals surface area contributed by atoms with Gasteiger partial charge < -0.3 is 20.4 Å². The van der Waals surface area contributed by atoms with Crippen LogP contribution in [0.25, 0.3) is 0 Å². The molecular weight excluding hydrogens is 510 g/mol. The van der Waals surface area contributed by atoms with Crippen LogP contribution in [0.1, 0.15) is 12.0 Å². The van der Waals surface area contributed by atoms with Crippen LogP contribution >= 0.6 is 24.0 Å². The summed E-state index contributed by atoms with van der Waals surface area (Å²) in [7, 11) is 3.79. The Morgan fingerprint density at radius 2 is 1.97 bits per heavy atom. The molecule has 7 nitrogen and oxygen atoms in total. The molecule has 0 spiro atoms. The number of nitrogens with one attached hydrogen (secondary N) is 2. The van der Waals surface area contributed by atoms with E-state index >= 15 is 0 Å². The maximum atomic E-state index is 12.6. The summed E-state index contributed by atoms with van der Waals surface area (Å²) in [6.07, 6.45) is -1.69. The molecule has 0 aromatic carbocycles. The molecule has 3 rings (SSSR count). The molecule has 1 atom stereocenters. The Morgan fingerprint density at radius 1 is 1.23 bits per heavy atom. The minimum atomic E-state index is -4.16. The molecule has 1 aromatic heterocycles. The van der Waals surface area contributed by atoms with Crippen LogP contribution in [0.15, 0.2) is 23.3 Å². The molecule has 3 heterocycles. The first-order valence-electron chi connectivity index (χ1n) is 9.98. The fourth-order valence-corrected chi connectivity index (χ4v) is 3.79. The van der Waals surface area contributed by atoms with Gasteiger partial charge in [0.1, 0.15) is 5.82 Å². The number of nitrogens with zero attached hydrogens (tertiary/aromatic N) is 5. The van der Waals surface area contributed by atoms with Crippen molar-refractivity contribution in [1.82, 2.24) is 25.4 Å². The van der Waals surface area contributed by atoms with E-state index in [1.165, 1.54) is 4.90 Å². The van der Waals surface area contributed by atoms with E-state index in [2.05, 4.69) is 37.5 Å². The molecule has 2 saturated heterocycles. The van der Waals surface area contributed by atoms with E-state index in [1.54, 1.807) is 13.2 Å². The minimum Gasteiger partial charge on any atom is -0.354 e. The van der Waals surface area contributed by atoms with E-state index in [4.69, 9.17) is 0 Å². The van der Waals surface area contributed by atoms with E-state index in [-0.39, 0.29) is 30.0 Å². The summed E-state index contributed by atoms with van der Waals surface area (Å²) in [5.41, 5.74) is 1.07. The first-order chi connectivity index (χ1) is 13.8. The summed E-state index contributed by atoms with van der Waals surface area (Å²) in [6, 6.07) is 3.91. The molecule has 1 aromatic rings. The van der Waals surface area contributed by atoms with Gasteiger partial charge in [-0.25, -0.2) is 4.98 Å². The molecule has 2 aliphatic rings. The van der Waals surface area contributed by atoms with Gasteiger partial charge in [-0.15, -0.1) is 24.0 Å². The third kappa shape index (κ3) is 7.41. The van der Waals surface area contributed by atoms with Crippen molar-refractivity contribution in [3.63, 3.8) is 0 Å². The highest BCUT2D eigenvalue weighted by atomic mass is 127. The molecule has 0 amide bonds. The zero-order valence-corrected chi connectivity index (χ0v) is 19.8. The summed E-state index contributed by atoms with van der Waals surface area (Å²) in [6.45, 7) is 4.36. The Balaban J connectivity index is 0.00000320. The van der Waals surface area contributed by atoms with Gasteiger partial charge in [0.25, 0.3) is 0 Å². The van der Waals surface area contributed by atoms with E-state index in [9.17, 15) is 13.2 Å². The number of likely N-dealkylation sites (N-methyl/N-ethyl adjacent to an activating group) is 1. The number of hydrogen-bond acceptors (Lipinski definition) is 5. The Morgan fingerprint density at radius 3 is 2.63 bits per heavy atom. The van der Waals surface area contributed by atoms with Crippen molar-refractivity contribution in [2.24, 2.45) is 4.99 Å². The zero-order chi connectivity index (χ0) is 20.9. The van der Waals surface area contributed by atoms with E-state index < -0.39 is 12.7 Å². The summed E-state index contributed by atoms with van der Waals surface area (Å²) < 4.78 is 37.7. The zero-order valence-electron chi connectivity index (χ0n) is 17.5. The van der Waals surface area contributed by atoms with Crippen molar-refractivity contribution in [3.8, 4) is 0 Å². The van der Waals surface area contributed by atoms with Crippen molar-refractivity contribution in [2.75, 3.05) is 64.8 Å². The van der Waals surface area contributed by atoms with Gasteiger partial charge >= 0.3 is 6.18 Å². The van der Waals surface area contributed by atoms with Gasteiger partial charge in [-0.3, -0.25) is 9.89 Å². The Kier molecular flexibility index (Phi) is 9.41. The Labute approximate surface area is 193 Å². The number of likely N-dealkylation sites (tertiary alicyclic amines) is 1. The Bertz CT molecular complexity index is 693. The second-order valence-electron chi connectivity index (χ2n) is 7.68. The average Bonchev–Trinajstić information content (AvgIpc) is 3.11. The van der Waals surface area contributed by atoms with Gasteiger partial charge in [-0.2, -0.15) is 13.2 Å². The number of piperazine rings is 1. The number of pyridine rings is 1. The fourth-order valence-electron chi connectivity index (χ4n) is 3.79. The lowest BCUT2D eigenvalue weighted by Gasteiger charge is -2.34. The smallest absolute Gasteiger partial charge is 0.354 e. The largest absolute Gasteiger partial charge is 0.401 e. The molecule has 0 saturated carbocycles. The van der Waals surface area contributed by atoms with Gasteiger partial charge in [0.2, 0.25) is 0 Å². The minimum absolute atomic E-state index is 0. The summed E-state index contributed by atoms with van der Waals surface area (Å²) >= 11 is 0. The van der Waals surface area contributed by atoms with Crippen molar-refractivity contribution in [2.45, 2.75) is 25.2 Å². The SMILES string of the molecule is CN=C(NCc1cccnc1N1CCN(C)CC1)NC1CCN(CC(F)(F)F)C1.I. The van der Waals surface area contributed by atoms with Crippen LogP contribution in [0, 0.1) is 0 Å². The van der Waals surface area contributed by atoms with Crippen LogP contribution in [0.5, 0.6) is 0 Å². The number of hydrogen-bond donors (Lipinski definition) is 2. The molecule has 11 heteroatoms. The molecular formula is C19H31F3IN7. The van der Waals surface area contributed by atoms with Crippen LogP contribution in [0.4, 0.5) is 19.0 Å². The highest BCUT2D eigenvalue weighted by molar-refractivity contribution is 14.0. The Hall–Kier alpha value is -1.34. The van der Waals surface area contributed by atoms with Crippen LogP contribution in [0.2, 0.25) is 0 Å². The van der Waals surface area contributed by atoms with Gasteiger partial charge in [-0.1, -0.05) is 6.07 Å². The van der Waals surface area contributed by atoms with E-state index in [0.717, 1.165) is 37.6 Å². The van der Waals surface area contributed by atoms with Crippen LogP contribution < -0.4 is 15.5 Å². The third-order valence-corrected chi connectivity index (χ3v) is 5.36. The van der Waals surface area contributed by atoms with Crippen molar-refractivity contribution >= 4 is 35.8 Å². The second-order valence-corrected chi connectivity index (χ2v) is 7.68. The van der Waals surface area contributed by atoms with Crippen LogP contribution in [0.3, 0.4) is 0 Å². The lowest BCUT2D eigenvalue weighted by atomic mass is 10.2. The fraction of sp³-hybridized carbons (Fsp3) is 0.684. The van der Waals surface area contributed by atoms with Crippen LogP contribution in [-0.2, 0) is 6.54 Å². The number of aromatic nitrogens is 1. The van der Waals surface area contributed by atoms with Crippen molar-refractivity contribution in [1.29, 1.82) is 0 Å². The topological polar surface area (TPSA) is 59.0 Å². The van der Waals surface area contributed by atoms with Gasteiger partial charge in [0.15, 0.2) is 5.96 Å². The van der Waals surface area contributed by atoms with Crippen LogP contribution in [-0.4, -0.2) is 92.9 Å². The first-order valence-corrected chi connectivity index (χ1v) is 9.98. The van der Waals surface area contributed by atoms with Gasteiger partial charge in [0.05, 0.1) is 6.54 Å². The second kappa shape index (κ2) is 11.3. The maximum Gasteiger partial charge on any atom is 0.401 e. The number of halogens is 4. The molecule has 2 aliphatic heterocycles.